The van der Waals surface area contributed by atoms with Gasteiger partial charge in [0, 0.05) is 5.69 Å². The molecule has 0 aliphatic carbocycles. The van der Waals surface area contributed by atoms with Crippen molar-refractivity contribution >= 4 is 52.5 Å². The van der Waals surface area contributed by atoms with Crippen molar-refractivity contribution in [2.24, 2.45) is 0 Å². The zero-order chi connectivity index (χ0) is 26.4. The molecule has 1 heterocycles. The van der Waals surface area contributed by atoms with Crippen LogP contribution in [-0.2, 0) is 14.4 Å². The number of hydrogen-bond acceptors (Lipinski definition) is 6. The molecule has 10 heteroatoms. The smallest absolute Gasteiger partial charge is 0.270 e. The lowest BCUT2D eigenvalue weighted by atomic mass is 10.1. The van der Waals surface area contributed by atoms with Crippen LogP contribution in [0.1, 0.15) is 12.5 Å². The lowest BCUT2D eigenvalue weighted by molar-refractivity contribution is -0.122. The van der Waals surface area contributed by atoms with Gasteiger partial charge in [-0.25, -0.2) is 4.39 Å². The molecule has 0 spiro atoms. The van der Waals surface area contributed by atoms with Gasteiger partial charge >= 0.3 is 0 Å². The van der Waals surface area contributed by atoms with Crippen molar-refractivity contribution in [3.05, 3.63) is 89.8 Å². The summed E-state index contributed by atoms with van der Waals surface area (Å²) in [7, 11) is 0. The van der Waals surface area contributed by atoms with Crippen LogP contribution in [0, 0.1) is 5.82 Å². The number of thiocarbonyl (C=S) groups is 1. The maximum absolute atomic E-state index is 13.2. The summed E-state index contributed by atoms with van der Waals surface area (Å²) in [5, 5.41) is 5.15. The number of rotatable bonds is 8. The number of carbonyl (C=O) groups excluding carboxylic acids is 3. The Bertz CT molecular complexity index is 1380. The summed E-state index contributed by atoms with van der Waals surface area (Å²) in [5.74, 6) is -1.40. The fourth-order valence-corrected chi connectivity index (χ4v) is 3.79. The molecule has 0 bridgehead atoms. The van der Waals surface area contributed by atoms with E-state index in [2.05, 4.69) is 10.6 Å². The van der Waals surface area contributed by atoms with Gasteiger partial charge in [-0.15, -0.1) is 0 Å². The quantitative estimate of drug-likeness (QED) is 0.265. The highest BCUT2D eigenvalue weighted by Gasteiger charge is 2.34. The molecular formula is C27H22FN3O5S. The van der Waals surface area contributed by atoms with Crippen LogP contribution >= 0.6 is 12.2 Å². The molecule has 0 saturated carbocycles. The van der Waals surface area contributed by atoms with Crippen LogP contribution in [0.3, 0.4) is 0 Å². The summed E-state index contributed by atoms with van der Waals surface area (Å²) in [6.45, 7) is 1.78. The van der Waals surface area contributed by atoms with Gasteiger partial charge in [0.1, 0.15) is 11.4 Å². The average Bonchev–Trinajstić information content (AvgIpc) is 2.88. The first-order valence-corrected chi connectivity index (χ1v) is 11.7. The summed E-state index contributed by atoms with van der Waals surface area (Å²) >= 11 is 5.21. The Hall–Kier alpha value is -4.57. The molecule has 1 saturated heterocycles. The van der Waals surface area contributed by atoms with Gasteiger partial charge in [-0.3, -0.25) is 24.6 Å². The minimum atomic E-state index is -0.613. The summed E-state index contributed by atoms with van der Waals surface area (Å²) < 4.78 is 24.3. The normalized spacial score (nSPS) is 14.4. The first kappa shape index (κ1) is 25.5. The summed E-state index contributed by atoms with van der Waals surface area (Å²) in [6.07, 6.45) is 1.43. The number of benzene rings is 3. The van der Waals surface area contributed by atoms with Gasteiger partial charge in [0.15, 0.2) is 23.2 Å². The van der Waals surface area contributed by atoms with Crippen LogP contribution in [0.2, 0.25) is 0 Å². The van der Waals surface area contributed by atoms with Gasteiger partial charge in [-0.2, -0.15) is 0 Å². The Morgan fingerprint density at radius 3 is 2.46 bits per heavy atom. The largest absolute Gasteiger partial charge is 0.490 e. The molecule has 3 aromatic rings. The lowest BCUT2D eigenvalue weighted by Gasteiger charge is -2.28. The second-order valence-corrected chi connectivity index (χ2v) is 8.16. The van der Waals surface area contributed by atoms with Crippen LogP contribution in [0.5, 0.6) is 11.5 Å². The SMILES string of the molecule is CCOc1cc(/C=C2/C(=O)NC(=S)N(c3ccccc3)C2=O)ccc1OCC(=O)Nc1ccc(F)cc1. The first-order valence-electron chi connectivity index (χ1n) is 11.3. The van der Waals surface area contributed by atoms with Crippen LogP contribution in [0.15, 0.2) is 78.4 Å². The third kappa shape index (κ3) is 6.17. The topological polar surface area (TPSA) is 97.0 Å². The maximum atomic E-state index is 13.2. The minimum Gasteiger partial charge on any atom is -0.490 e. The van der Waals surface area contributed by atoms with Crippen molar-refractivity contribution in [2.75, 3.05) is 23.4 Å². The Morgan fingerprint density at radius 2 is 1.76 bits per heavy atom. The van der Waals surface area contributed by atoms with E-state index in [1.807, 2.05) is 6.07 Å². The van der Waals surface area contributed by atoms with E-state index in [1.54, 1.807) is 49.4 Å². The number of anilines is 2. The van der Waals surface area contributed by atoms with Crippen LogP contribution in [0.4, 0.5) is 15.8 Å². The van der Waals surface area contributed by atoms with Gasteiger partial charge in [-0.05, 0) is 79.3 Å². The summed E-state index contributed by atoms with van der Waals surface area (Å²) in [4.78, 5) is 39.2. The number of nitrogens with one attached hydrogen (secondary N) is 2. The molecule has 0 atom stereocenters. The second kappa shape index (κ2) is 11.4. The van der Waals surface area contributed by atoms with Crippen molar-refractivity contribution < 1.29 is 28.2 Å². The van der Waals surface area contributed by atoms with E-state index in [0.29, 0.717) is 35.0 Å². The number of ether oxygens (including phenoxy) is 2. The molecule has 1 aliphatic heterocycles. The number of amides is 3. The predicted octanol–water partition coefficient (Wildman–Crippen LogP) is 4.07. The molecule has 3 aromatic carbocycles. The van der Waals surface area contributed by atoms with E-state index < -0.39 is 23.5 Å². The monoisotopic (exact) mass is 519 g/mol. The van der Waals surface area contributed by atoms with Gasteiger partial charge in [0.2, 0.25) is 0 Å². The highest BCUT2D eigenvalue weighted by atomic mass is 32.1. The molecule has 1 aliphatic rings. The van der Waals surface area contributed by atoms with E-state index in [0.717, 1.165) is 0 Å². The molecule has 4 rings (SSSR count). The molecule has 188 valence electrons. The molecule has 2 N–H and O–H groups in total. The first-order chi connectivity index (χ1) is 17.9. The van der Waals surface area contributed by atoms with E-state index in [1.165, 1.54) is 35.2 Å². The van der Waals surface area contributed by atoms with E-state index in [4.69, 9.17) is 21.7 Å². The Balaban J connectivity index is 1.52. The van der Waals surface area contributed by atoms with E-state index in [9.17, 15) is 18.8 Å². The second-order valence-electron chi connectivity index (χ2n) is 7.78. The van der Waals surface area contributed by atoms with Crippen molar-refractivity contribution in [1.82, 2.24) is 5.32 Å². The Kier molecular flexibility index (Phi) is 7.89. The van der Waals surface area contributed by atoms with Gasteiger partial charge in [0.05, 0.1) is 12.3 Å². The molecule has 0 unspecified atom stereocenters. The van der Waals surface area contributed by atoms with Crippen molar-refractivity contribution in [3.63, 3.8) is 0 Å². The number of nitrogens with zero attached hydrogens (tertiary/aromatic N) is 1. The highest BCUT2D eigenvalue weighted by molar-refractivity contribution is 7.80. The zero-order valence-electron chi connectivity index (χ0n) is 19.7. The molecular weight excluding hydrogens is 497 g/mol. The van der Waals surface area contributed by atoms with Gasteiger partial charge < -0.3 is 14.8 Å². The summed E-state index contributed by atoms with van der Waals surface area (Å²) in [6, 6.07) is 18.9. The molecule has 3 amide bonds. The standard InChI is InChI=1S/C27H22FN3O5S/c1-2-35-23-15-17(8-13-22(23)36-16-24(32)29-19-11-9-18(28)10-12-19)14-21-25(33)30-27(37)31(26(21)34)20-6-4-3-5-7-20/h3-15H,2,16H2,1H3,(H,29,32)(H,30,33,37)/b21-14-. The van der Waals surface area contributed by atoms with Crippen molar-refractivity contribution in [2.45, 2.75) is 6.92 Å². The molecule has 0 aromatic heterocycles. The van der Waals surface area contributed by atoms with Crippen molar-refractivity contribution in [1.29, 1.82) is 0 Å². The van der Waals surface area contributed by atoms with E-state index >= 15 is 0 Å². The van der Waals surface area contributed by atoms with E-state index in [-0.39, 0.29) is 17.3 Å². The molecule has 37 heavy (non-hydrogen) atoms. The van der Waals surface area contributed by atoms with Crippen LogP contribution in [-0.4, -0.2) is 36.0 Å². The minimum absolute atomic E-state index is 0.00369. The van der Waals surface area contributed by atoms with Gasteiger partial charge in [-0.1, -0.05) is 24.3 Å². The van der Waals surface area contributed by atoms with Crippen LogP contribution < -0.4 is 25.0 Å². The average molecular weight is 520 g/mol. The van der Waals surface area contributed by atoms with Gasteiger partial charge in [0.25, 0.3) is 17.7 Å². The summed E-state index contributed by atoms with van der Waals surface area (Å²) in [5.41, 5.74) is 1.36. The molecule has 8 nitrogen and oxygen atoms in total. The predicted molar refractivity (Wildman–Crippen MR) is 141 cm³/mol. The number of hydrogen-bond donors (Lipinski definition) is 2. The third-order valence-electron chi connectivity index (χ3n) is 5.18. The molecule has 1 fully saturated rings. The number of para-hydroxylation sites is 1. The zero-order valence-corrected chi connectivity index (χ0v) is 20.5. The molecule has 0 radical (unpaired) electrons. The highest BCUT2D eigenvalue weighted by Crippen LogP contribution is 2.30. The van der Waals surface area contributed by atoms with Crippen LogP contribution in [0.25, 0.3) is 6.08 Å². The number of carbonyl (C=O) groups is 3. The fraction of sp³-hybridized carbons (Fsp3) is 0.111. The fourth-order valence-electron chi connectivity index (χ4n) is 3.51. The maximum Gasteiger partial charge on any atom is 0.270 e. The van der Waals surface area contributed by atoms with Crippen molar-refractivity contribution in [3.8, 4) is 11.5 Å². The number of halogens is 1. The third-order valence-corrected chi connectivity index (χ3v) is 5.47. The lowest BCUT2D eigenvalue weighted by Crippen LogP contribution is -2.54. The Labute approximate surface area is 217 Å². The Morgan fingerprint density at radius 1 is 1.03 bits per heavy atom.